The lowest BCUT2D eigenvalue weighted by Crippen LogP contribution is -2.02. The Hall–Kier alpha value is -1.91. The fourth-order valence-electron chi connectivity index (χ4n) is 1.86. The van der Waals surface area contributed by atoms with Crippen molar-refractivity contribution in [1.29, 1.82) is 0 Å². The third-order valence-corrected chi connectivity index (χ3v) is 2.97. The van der Waals surface area contributed by atoms with Gasteiger partial charge in [0.05, 0.1) is 19.3 Å². The molecule has 0 atom stereocenters. The second-order valence-electron chi connectivity index (χ2n) is 4.60. The molecule has 0 spiro atoms. The summed E-state index contributed by atoms with van der Waals surface area (Å²) >= 11 is 0. The van der Waals surface area contributed by atoms with Gasteiger partial charge >= 0.3 is 5.97 Å². The van der Waals surface area contributed by atoms with Crippen LogP contribution in [0.2, 0.25) is 0 Å². The van der Waals surface area contributed by atoms with Gasteiger partial charge in [0, 0.05) is 0 Å². The minimum atomic E-state index is -0.623. The van der Waals surface area contributed by atoms with Crippen LogP contribution >= 0.6 is 0 Å². The molecule has 0 aliphatic heterocycles. The van der Waals surface area contributed by atoms with E-state index in [0.717, 1.165) is 19.3 Å². The summed E-state index contributed by atoms with van der Waals surface area (Å²) in [6, 6.07) is 2.44. The van der Waals surface area contributed by atoms with Crippen molar-refractivity contribution in [3.63, 3.8) is 0 Å². The molecule has 0 aliphatic rings. The summed E-state index contributed by atoms with van der Waals surface area (Å²) in [4.78, 5) is 11.3. The van der Waals surface area contributed by atoms with Gasteiger partial charge in [0.15, 0.2) is 11.5 Å². The monoisotopic (exact) mass is 282 g/mol. The van der Waals surface area contributed by atoms with Crippen LogP contribution in [-0.2, 0) is 4.74 Å². The first kappa shape index (κ1) is 16.1. The standard InChI is InChI=1S/C15H22O5/c1-3-4-5-6-7-8-20-14-12(16)9-11(10-13(14)17)15(18)19-2/h9-10,16-17H,3-8H2,1-2H3. The predicted molar refractivity (Wildman–Crippen MR) is 75.4 cm³/mol. The zero-order chi connectivity index (χ0) is 15.0. The highest BCUT2D eigenvalue weighted by Crippen LogP contribution is 2.37. The van der Waals surface area contributed by atoms with Crippen molar-refractivity contribution in [2.75, 3.05) is 13.7 Å². The zero-order valence-corrected chi connectivity index (χ0v) is 12.0. The van der Waals surface area contributed by atoms with Gasteiger partial charge in [0.1, 0.15) is 0 Å². The number of methoxy groups -OCH3 is 1. The Morgan fingerprint density at radius 1 is 1.10 bits per heavy atom. The second-order valence-corrected chi connectivity index (χ2v) is 4.60. The largest absolute Gasteiger partial charge is 0.504 e. The Bertz CT molecular complexity index is 419. The average molecular weight is 282 g/mol. The van der Waals surface area contributed by atoms with Crippen LogP contribution < -0.4 is 4.74 Å². The lowest BCUT2D eigenvalue weighted by atomic mass is 10.1. The maximum Gasteiger partial charge on any atom is 0.338 e. The van der Waals surface area contributed by atoms with Crippen molar-refractivity contribution < 1.29 is 24.5 Å². The smallest absolute Gasteiger partial charge is 0.338 e. The van der Waals surface area contributed by atoms with E-state index in [1.807, 2.05) is 0 Å². The maximum atomic E-state index is 11.3. The number of benzene rings is 1. The van der Waals surface area contributed by atoms with Gasteiger partial charge in [-0.25, -0.2) is 4.79 Å². The van der Waals surface area contributed by atoms with Crippen molar-refractivity contribution in [2.45, 2.75) is 39.0 Å². The van der Waals surface area contributed by atoms with E-state index in [-0.39, 0.29) is 22.8 Å². The fraction of sp³-hybridized carbons (Fsp3) is 0.533. The van der Waals surface area contributed by atoms with Crippen molar-refractivity contribution in [3.05, 3.63) is 17.7 Å². The molecule has 112 valence electrons. The summed E-state index contributed by atoms with van der Waals surface area (Å²) in [6.45, 7) is 2.57. The van der Waals surface area contributed by atoms with Crippen LogP contribution in [0.1, 0.15) is 49.4 Å². The van der Waals surface area contributed by atoms with Gasteiger partial charge in [0.25, 0.3) is 0 Å². The van der Waals surface area contributed by atoms with Crippen LogP contribution in [0.3, 0.4) is 0 Å². The third kappa shape index (κ3) is 4.64. The van der Waals surface area contributed by atoms with Crippen LogP contribution in [0.25, 0.3) is 0 Å². The molecule has 5 nitrogen and oxygen atoms in total. The van der Waals surface area contributed by atoms with Crippen molar-refractivity contribution in [3.8, 4) is 17.2 Å². The summed E-state index contributed by atoms with van der Waals surface area (Å²) in [5, 5.41) is 19.5. The predicted octanol–water partition coefficient (Wildman–Crippen LogP) is 3.23. The summed E-state index contributed by atoms with van der Waals surface area (Å²) in [7, 11) is 1.23. The van der Waals surface area contributed by atoms with Gasteiger partial charge in [-0.15, -0.1) is 0 Å². The SMILES string of the molecule is CCCCCCCOc1c(O)cc(C(=O)OC)cc1O. The van der Waals surface area contributed by atoms with Crippen LogP contribution in [0, 0.1) is 0 Å². The summed E-state index contributed by atoms with van der Waals surface area (Å²) in [5.41, 5.74) is 0.0813. The van der Waals surface area contributed by atoms with E-state index in [4.69, 9.17) is 4.74 Å². The minimum absolute atomic E-state index is 0.00754. The van der Waals surface area contributed by atoms with E-state index >= 15 is 0 Å². The molecule has 5 heteroatoms. The number of phenols is 2. The summed E-state index contributed by atoms with van der Waals surface area (Å²) in [5.74, 6) is -1.15. The maximum absolute atomic E-state index is 11.3. The van der Waals surface area contributed by atoms with E-state index < -0.39 is 5.97 Å². The molecule has 0 aliphatic carbocycles. The Kier molecular flexibility index (Phi) is 6.70. The molecule has 0 saturated heterocycles. The van der Waals surface area contributed by atoms with Crippen LogP contribution in [0.5, 0.6) is 17.2 Å². The van der Waals surface area contributed by atoms with Crippen molar-refractivity contribution in [2.24, 2.45) is 0 Å². The fourth-order valence-corrected chi connectivity index (χ4v) is 1.86. The molecule has 0 heterocycles. The zero-order valence-electron chi connectivity index (χ0n) is 12.0. The number of carbonyl (C=O) groups is 1. The second kappa shape index (κ2) is 8.30. The first-order chi connectivity index (χ1) is 9.60. The van der Waals surface area contributed by atoms with E-state index in [0.29, 0.717) is 6.61 Å². The van der Waals surface area contributed by atoms with Crippen LogP contribution in [0.15, 0.2) is 12.1 Å². The van der Waals surface area contributed by atoms with E-state index in [1.54, 1.807) is 0 Å². The Balaban J connectivity index is 2.56. The molecule has 1 aromatic carbocycles. The molecule has 0 amide bonds. The van der Waals surface area contributed by atoms with Gasteiger partial charge in [-0.2, -0.15) is 0 Å². The molecular weight excluding hydrogens is 260 g/mol. The molecule has 0 radical (unpaired) electrons. The lowest BCUT2D eigenvalue weighted by Gasteiger charge is -2.11. The molecule has 0 bridgehead atoms. The normalized spacial score (nSPS) is 10.3. The number of aromatic hydroxyl groups is 2. The lowest BCUT2D eigenvalue weighted by molar-refractivity contribution is 0.0599. The number of hydrogen-bond acceptors (Lipinski definition) is 5. The van der Waals surface area contributed by atoms with E-state index in [9.17, 15) is 15.0 Å². The number of carbonyl (C=O) groups excluding carboxylic acids is 1. The number of hydrogen-bond donors (Lipinski definition) is 2. The first-order valence-electron chi connectivity index (χ1n) is 6.87. The molecule has 20 heavy (non-hydrogen) atoms. The highest BCUT2D eigenvalue weighted by Gasteiger charge is 2.15. The van der Waals surface area contributed by atoms with E-state index in [1.165, 1.54) is 32.1 Å². The van der Waals surface area contributed by atoms with Gasteiger partial charge < -0.3 is 19.7 Å². The molecule has 2 N–H and O–H groups in total. The van der Waals surface area contributed by atoms with Crippen LogP contribution in [0.4, 0.5) is 0 Å². The Labute approximate surface area is 119 Å². The summed E-state index contributed by atoms with van der Waals surface area (Å²) in [6.07, 6.45) is 5.44. The molecule has 1 rings (SSSR count). The van der Waals surface area contributed by atoms with Gasteiger partial charge in [-0.3, -0.25) is 0 Å². The summed E-state index contributed by atoms with van der Waals surface area (Å²) < 4.78 is 9.88. The average Bonchev–Trinajstić information content (AvgIpc) is 2.43. The van der Waals surface area contributed by atoms with Crippen LogP contribution in [-0.4, -0.2) is 29.9 Å². The Morgan fingerprint density at radius 3 is 2.25 bits per heavy atom. The molecule has 0 unspecified atom stereocenters. The molecule has 0 fully saturated rings. The highest BCUT2D eigenvalue weighted by atomic mass is 16.5. The van der Waals surface area contributed by atoms with Gasteiger partial charge in [0.2, 0.25) is 5.75 Å². The Morgan fingerprint density at radius 2 is 1.70 bits per heavy atom. The van der Waals surface area contributed by atoms with E-state index in [2.05, 4.69) is 11.7 Å². The van der Waals surface area contributed by atoms with Crippen molar-refractivity contribution >= 4 is 5.97 Å². The number of esters is 1. The number of unbranched alkanes of at least 4 members (excludes halogenated alkanes) is 4. The minimum Gasteiger partial charge on any atom is -0.504 e. The van der Waals surface area contributed by atoms with Crippen molar-refractivity contribution in [1.82, 2.24) is 0 Å². The third-order valence-electron chi connectivity index (χ3n) is 2.97. The molecule has 0 saturated carbocycles. The number of ether oxygens (including phenoxy) is 2. The van der Waals surface area contributed by atoms with Gasteiger partial charge in [-0.1, -0.05) is 32.6 Å². The highest BCUT2D eigenvalue weighted by molar-refractivity contribution is 5.91. The molecule has 1 aromatic rings. The number of phenolic OH excluding ortho intramolecular Hbond substituents is 2. The topological polar surface area (TPSA) is 76.0 Å². The molecular formula is C15H22O5. The number of rotatable bonds is 8. The quantitative estimate of drug-likeness (QED) is 0.565. The first-order valence-corrected chi connectivity index (χ1v) is 6.87. The van der Waals surface area contributed by atoms with Gasteiger partial charge in [-0.05, 0) is 18.6 Å². The molecule has 0 aromatic heterocycles.